The van der Waals surface area contributed by atoms with Crippen LogP contribution in [0.3, 0.4) is 0 Å². The summed E-state index contributed by atoms with van der Waals surface area (Å²) in [5.41, 5.74) is 1.12. The van der Waals surface area contributed by atoms with Gasteiger partial charge in [-0.3, -0.25) is 9.59 Å². The van der Waals surface area contributed by atoms with Gasteiger partial charge in [-0.1, -0.05) is 0 Å². The number of nitrogens with one attached hydrogen (secondary N) is 2. The summed E-state index contributed by atoms with van der Waals surface area (Å²) in [5, 5.41) is 11.8. The number of alkyl halides is 3. The number of hydrogen-bond acceptors (Lipinski definition) is 6. The molecule has 2 N–H and O–H groups in total. The van der Waals surface area contributed by atoms with Crippen LogP contribution >= 0.6 is 0 Å². The molecule has 0 unspecified atom stereocenters. The summed E-state index contributed by atoms with van der Waals surface area (Å²) in [5.74, 6) is -0.685. The van der Waals surface area contributed by atoms with E-state index < -0.39 is 24.7 Å². The van der Waals surface area contributed by atoms with Crippen LogP contribution in [0.1, 0.15) is 29.0 Å². The molecular weight excluding hydrogens is 465 g/mol. The molecule has 3 aromatic rings. The fourth-order valence-electron chi connectivity index (χ4n) is 4.14. The molecule has 1 aliphatic carbocycles. The first kappa shape index (κ1) is 22.8. The zero-order valence-electron chi connectivity index (χ0n) is 18.6. The lowest BCUT2D eigenvalue weighted by atomic mass is 9.99. The first-order chi connectivity index (χ1) is 16.6. The van der Waals surface area contributed by atoms with E-state index in [1.165, 1.54) is 25.5 Å². The minimum absolute atomic E-state index is 0.0417. The lowest BCUT2D eigenvalue weighted by molar-refractivity contribution is -0.141. The van der Waals surface area contributed by atoms with Gasteiger partial charge in [0.05, 0.1) is 23.7 Å². The Hall–Kier alpha value is -3.95. The van der Waals surface area contributed by atoms with Crippen molar-refractivity contribution in [3.8, 4) is 17.5 Å². The summed E-state index contributed by atoms with van der Waals surface area (Å²) in [7, 11) is 0. The molecule has 2 amide bonds. The maximum atomic E-state index is 13.1. The SMILES string of the molecule is Cc1nc(-c2cnc3[nH]cc(C(=O)N[C@H](C(=O)N4CC(C#N)C4)C4CC4)c3n2)cn1CC(F)(F)F. The molecule has 2 fully saturated rings. The van der Waals surface area contributed by atoms with Crippen LogP contribution in [-0.4, -0.2) is 66.5 Å². The molecule has 1 aliphatic heterocycles. The van der Waals surface area contributed by atoms with Crippen LogP contribution in [0.5, 0.6) is 0 Å². The predicted octanol–water partition coefficient (Wildman–Crippen LogP) is 2.18. The van der Waals surface area contributed by atoms with Gasteiger partial charge in [0.2, 0.25) is 5.91 Å². The molecule has 182 valence electrons. The maximum Gasteiger partial charge on any atom is 0.406 e. The Morgan fingerprint density at radius 3 is 2.69 bits per heavy atom. The van der Waals surface area contributed by atoms with Crippen molar-refractivity contribution in [1.82, 2.24) is 34.7 Å². The molecule has 3 aromatic heterocycles. The standard InChI is InChI=1S/C22H21F3N8O2/c1-11-29-16(9-33(11)10-22(23,24)25)15-6-28-19-18(30-15)14(5-27-19)20(34)31-17(13-2-3-13)21(35)32-7-12(4-26)8-32/h5-6,9,12-13,17H,2-3,7-8,10H2,1H3,(H,27,28)(H,31,34)/t17-/m0/s1. The lowest BCUT2D eigenvalue weighted by Crippen LogP contribution is -2.57. The van der Waals surface area contributed by atoms with Crippen LogP contribution in [0.25, 0.3) is 22.6 Å². The summed E-state index contributed by atoms with van der Waals surface area (Å²) < 4.78 is 39.4. The molecule has 5 rings (SSSR count). The van der Waals surface area contributed by atoms with E-state index >= 15 is 0 Å². The third-order valence-corrected chi connectivity index (χ3v) is 6.24. The highest BCUT2D eigenvalue weighted by atomic mass is 19.4. The number of H-pyrrole nitrogens is 1. The van der Waals surface area contributed by atoms with Gasteiger partial charge in [-0.15, -0.1) is 0 Å². The number of nitriles is 1. The molecule has 13 heteroatoms. The van der Waals surface area contributed by atoms with Crippen LogP contribution in [0.4, 0.5) is 13.2 Å². The van der Waals surface area contributed by atoms with Crippen LogP contribution in [0.15, 0.2) is 18.6 Å². The molecule has 1 saturated heterocycles. The zero-order chi connectivity index (χ0) is 24.9. The topological polar surface area (TPSA) is 133 Å². The molecule has 0 bridgehead atoms. The van der Waals surface area contributed by atoms with E-state index in [9.17, 15) is 22.8 Å². The van der Waals surface area contributed by atoms with Crippen molar-refractivity contribution >= 4 is 23.0 Å². The number of rotatable bonds is 6. The number of likely N-dealkylation sites (tertiary alicyclic amines) is 1. The van der Waals surface area contributed by atoms with Crippen molar-refractivity contribution < 1.29 is 22.8 Å². The highest BCUT2D eigenvalue weighted by Gasteiger charge is 2.43. The van der Waals surface area contributed by atoms with Gasteiger partial charge in [-0.2, -0.15) is 18.4 Å². The number of aromatic nitrogens is 5. The van der Waals surface area contributed by atoms with Crippen molar-refractivity contribution in [1.29, 1.82) is 5.26 Å². The average Bonchev–Trinajstić information content (AvgIpc) is 3.42. The van der Waals surface area contributed by atoms with Gasteiger partial charge >= 0.3 is 6.18 Å². The third-order valence-electron chi connectivity index (χ3n) is 6.24. The number of halogens is 3. The number of nitrogens with zero attached hydrogens (tertiary/aromatic N) is 6. The zero-order valence-corrected chi connectivity index (χ0v) is 18.6. The summed E-state index contributed by atoms with van der Waals surface area (Å²) in [6, 6.07) is 1.43. The van der Waals surface area contributed by atoms with Gasteiger partial charge in [-0.25, -0.2) is 15.0 Å². The largest absolute Gasteiger partial charge is 0.406 e. The van der Waals surface area contributed by atoms with Crippen molar-refractivity contribution in [3.05, 3.63) is 30.0 Å². The highest BCUT2D eigenvalue weighted by Crippen LogP contribution is 2.35. The molecule has 0 spiro atoms. The van der Waals surface area contributed by atoms with E-state index in [-0.39, 0.29) is 46.0 Å². The molecule has 0 aromatic carbocycles. The Bertz CT molecular complexity index is 1340. The summed E-state index contributed by atoms with van der Waals surface area (Å²) in [4.78, 5) is 43.2. The van der Waals surface area contributed by atoms with E-state index in [0.717, 1.165) is 17.4 Å². The number of aryl methyl sites for hydroxylation is 1. The van der Waals surface area contributed by atoms with Crippen molar-refractivity contribution in [2.45, 2.75) is 38.5 Å². The smallest absolute Gasteiger partial charge is 0.344 e. The van der Waals surface area contributed by atoms with Crippen molar-refractivity contribution in [2.75, 3.05) is 13.1 Å². The lowest BCUT2D eigenvalue weighted by Gasteiger charge is -2.37. The number of amides is 2. The number of carbonyl (C=O) groups is 2. The second-order valence-electron chi connectivity index (χ2n) is 8.93. The van der Waals surface area contributed by atoms with Gasteiger partial charge in [0.15, 0.2) is 5.65 Å². The van der Waals surface area contributed by atoms with Gasteiger partial charge in [0.1, 0.15) is 35.3 Å². The van der Waals surface area contributed by atoms with Crippen LogP contribution in [-0.2, 0) is 11.3 Å². The summed E-state index contributed by atoms with van der Waals surface area (Å²) >= 11 is 0. The Balaban J connectivity index is 1.38. The van der Waals surface area contributed by atoms with Crippen LogP contribution in [0.2, 0.25) is 0 Å². The van der Waals surface area contributed by atoms with E-state index in [1.807, 2.05) is 0 Å². The number of hydrogen-bond donors (Lipinski definition) is 2. The van der Waals surface area contributed by atoms with Gasteiger partial charge in [-0.05, 0) is 25.7 Å². The van der Waals surface area contributed by atoms with Crippen molar-refractivity contribution in [2.24, 2.45) is 11.8 Å². The molecular formula is C22H21F3N8O2. The molecule has 35 heavy (non-hydrogen) atoms. The van der Waals surface area contributed by atoms with Crippen LogP contribution < -0.4 is 5.32 Å². The van der Waals surface area contributed by atoms with E-state index in [1.54, 1.807) is 4.90 Å². The highest BCUT2D eigenvalue weighted by molar-refractivity contribution is 6.06. The molecule has 4 heterocycles. The Morgan fingerprint density at radius 2 is 2.03 bits per heavy atom. The predicted molar refractivity (Wildman–Crippen MR) is 116 cm³/mol. The van der Waals surface area contributed by atoms with Gasteiger partial charge in [0.25, 0.3) is 5.91 Å². The molecule has 0 radical (unpaired) electrons. The molecule has 1 atom stereocenters. The van der Waals surface area contributed by atoms with E-state index in [0.29, 0.717) is 18.7 Å². The molecule has 10 nitrogen and oxygen atoms in total. The average molecular weight is 486 g/mol. The minimum atomic E-state index is -4.40. The fraction of sp³-hybridized carbons (Fsp3) is 0.455. The molecule has 1 saturated carbocycles. The Labute approximate surface area is 197 Å². The first-order valence-corrected chi connectivity index (χ1v) is 11.1. The minimum Gasteiger partial charge on any atom is -0.344 e. The number of carbonyl (C=O) groups excluding carboxylic acids is 2. The normalized spacial score (nSPS) is 17.2. The number of fused-ring (bicyclic) bond motifs is 1. The second-order valence-corrected chi connectivity index (χ2v) is 8.93. The third kappa shape index (κ3) is 4.55. The number of imidazole rings is 1. The fourth-order valence-corrected chi connectivity index (χ4v) is 4.14. The monoisotopic (exact) mass is 486 g/mol. The second kappa shape index (κ2) is 8.37. The van der Waals surface area contributed by atoms with E-state index in [2.05, 4.69) is 31.3 Å². The molecule has 2 aliphatic rings. The summed E-state index contributed by atoms with van der Waals surface area (Å²) in [6.07, 6.45) is 1.29. The maximum absolute atomic E-state index is 13.1. The van der Waals surface area contributed by atoms with Crippen LogP contribution in [0, 0.1) is 30.1 Å². The number of aromatic amines is 1. The quantitative estimate of drug-likeness (QED) is 0.549. The van der Waals surface area contributed by atoms with Crippen molar-refractivity contribution in [3.63, 3.8) is 0 Å². The Kier molecular flexibility index (Phi) is 5.46. The van der Waals surface area contributed by atoms with E-state index in [4.69, 9.17) is 5.26 Å². The summed E-state index contributed by atoms with van der Waals surface area (Å²) in [6.45, 7) is 0.998. The Morgan fingerprint density at radius 1 is 1.29 bits per heavy atom. The van der Waals surface area contributed by atoms with Gasteiger partial charge < -0.3 is 19.8 Å². The van der Waals surface area contributed by atoms with Gasteiger partial charge in [0, 0.05) is 25.5 Å². The first-order valence-electron chi connectivity index (χ1n) is 11.1.